The number of allylic oxidation sites excluding steroid dienone is 1. The van der Waals surface area contributed by atoms with Gasteiger partial charge in [-0.15, -0.1) is 0 Å². The van der Waals surface area contributed by atoms with E-state index in [1.807, 2.05) is 6.92 Å². The zero-order valence-corrected chi connectivity index (χ0v) is 27.9. The van der Waals surface area contributed by atoms with Gasteiger partial charge < -0.3 is 50.3 Å². The quantitative estimate of drug-likeness (QED) is 0.167. The maximum absolute atomic E-state index is 11.9. The van der Waals surface area contributed by atoms with Crippen molar-refractivity contribution in [1.82, 2.24) is 0 Å². The normalized spacial score (nSPS) is 57.6. The molecule has 45 heavy (non-hydrogen) atoms. The molecule has 10 nitrogen and oxygen atoms in total. The first-order valence-electron chi connectivity index (χ1n) is 17.2. The van der Waals surface area contributed by atoms with E-state index in [0.29, 0.717) is 19.3 Å². The Morgan fingerprint density at radius 1 is 0.844 bits per heavy atom. The van der Waals surface area contributed by atoms with Crippen molar-refractivity contribution in [3.8, 4) is 0 Å². The summed E-state index contributed by atoms with van der Waals surface area (Å²) in [5, 5.41) is 87.4. The Morgan fingerprint density at radius 3 is 2.18 bits per heavy atom. The smallest absolute Gasteiger partial charge is 0.187 e. The van der Waals surface area contributed by atoms with Crippen LogP contribution in [0, 0.1) is 44.8 Å². The molecule has 0 spiro atoms. The van der Waals surface area contributed by atoms with E-state index in [1.165, 1.54) is 5.57 Å². The van der Waals surface area contributed by atoms with Crippen molar-refractivity contribution in [2.45, 2.75) is 148 Å². The fraction of sp³-hybridized carbons (Fsp3) is 0.943. The molecule has 1 heterocycles. The van der Waals surface area contributed by atoms with Crippen LogP contribution in [0.1, 0.15) is 92.9 Å². The maximum Gasteiger partial charge on any atom is 0.187 e. The van der Waals surface area contributed by atoms with E-state index >= 15 is 0 Å². The zero-order chi connectivity index (χ0) is 33.1. The molecule has 6 rings (SSSR count). The number of hydrogen-bond acceptors (Lipinski definition) is 10. The Labute approximate surface area is 267 Å². The molecule has 16 atom stereocenters. The first-order chi connectivity index (χ1) is 20.8. The largest absolute Gasteiger partial charge is 0.396 e. The van der Waals surface area contributed by atoms with Gasteiger partial charge >= 0.3 is 0 Å². The number of aliphatic hydroxyl groups excluding tert-OH is 7. The molecule has 1 aliphatic heterocycles. The second-order valence-corrected chi connectivity index (χ2v) is 17.6. The van der Waals surface area contributed by atoms with Crippen LogP contribution in [0.25, 0.3) is 0 Å². The number of hydrogen-bond donors (Lipinski definition) is 8. The topological polar surface area (TPSA) is 180 Å². The van der Waals surface area contributed by atoms with Gasteiger partial charge in [-0.05, 0) is 84.9 Å². The fourth-order valence-electron chi connectivity index (χ4n) is 12.0. The Bertz CT molecular complexity index is 1180. The number of aliphatic hydroxyl groups is 8. The Morgan fingerprint density at radius 2 is 1.53 bits per heavy atom. The van der Waals surface area contributed by atoms with Gasteiger partial charge in [-0.1, -0.05) is 53.2 Å². The van der Waals surface area contributed by atoms with Crippen LogP contribution in [-0.2, 0) is 9.47 Å². The molecule has 5 fully saturated rings. The molecule has 0 radical (unpaired) electrons. The van der Waals surface area contributed by atoms with Crippen LogP contribution < -0.4 is 0 Å². The highest BCUT2D eigenvalue weighted by Crippen LogP contribution is 2.75. The van der Waals surface area contributed by atoms with Gasteiger partial charge in [0.15, 0.2) is 6.29 Å². The maximum atomic E-state index is 11.9. The molecular formula is C35H58O10. The highest BCUT2D eigenvalue weighted by Gasteiger charge is 2.71. The van der Waals surface area contributed by atoms with Crippen LogP contribution in [0.4, 0.5) is 0 Å². The average molecular weight is 639 g/mol. The van der Waals surface area contributed by atoms with Crippen LogP contribution >= 0.6 is 0 Å². The molecule has 0 amide bonds. The van der Waals surface area contributed by atoms with E-state index in [0.717, 1.165) is 32.1 Å². The molecule has 8 N–H and O–H groups in total. The average Bonchev–Trinajstić information content (AvgIpc) is 2.96. The summed E-state index contributed by atoms with van der Waals surface area (Å²) >= 11 is 0. The first-order valence-corrected chi connectivity index (χ1v) is 17.2. The predicted molar refractivity (Wildman–Crippen MR) is 164 cm³/mol. The van der Waals surface area contributed by atoms with E-state index in [4.69, 9.17) is 9.47 Å². The lowest BCUT2D eigenvalue weighted by Gasteiger charge is -2.72. The van der Waals surface area contributed by atoms with Crippen molar-refractivity contribution >= 4 is 0 Å². The van der Waals surface area contributed by atoms with Gasteiger partial charge in [0.05, 0.1) is 37.1 Å². The second kappa shape index (κ2) is 10.9. The van der Waals surface area contributed by atoms with Crippen molar-refractivity contribution in [2.75, 3.05) is 13.2 Å². The van der Waals surface area contributed by atoms with E-state index in [1.54, 1.807) is 0 Å². The van der Waals surface area contributed by atoms with Gasteiger partial charge in [-0.25, -0.2) is 0 Å². The van der Waals surface area contributed by atoms with E-state index < -0.39 is 72.1 Å². The minimum atomic E-state index is -1.61. The number of fused-ring (bicyclic) bond motifs is 7. The monoisotopic (exact) mass is 638 g/mol. The zero-order valence-electron chi connectivity index (χ0n) is 27.9. The standard InChI is InChI=1S/C35H58O10/c1-30(2)11-12-35(43)19(13-30)18-7-8-23-31(3)14-20(38)28(45-29-27(42)26(41)25(40)21(16-36)44-29)32(4,17-37)22(31)9-10-33(23,5)34(18,6)15-24(35)39/h7,19-29,36-43H,8-17H2,1-6H3/t19?,20-,21+,22?,23?,24-,25+,26-,27+,28-,29-,31-,32-,33+,34+,35+/m0/s1. The third-order valence-electron chi connectivity index (χ3n) is 14.8. The molecule has 0 bridgehead atoms. The number of rotatable bonds is 4. The van der Waals surface area contributed by atoms with Crippen LogP contribution in [-0.4, -0.2) is 109 Å². The molecule has 6 aliphatic rings. The van der Waals surface area contributed by atoms with Gasteiger partial charge in [0.2, 0.25) is 0 Å². The highest BCUT2D eigenvalue weighted by molar-refractivity contribution is 5.35. The molecule has 0 aromatic carbocycles. The van der Waals surface area contributed by atoms with E-state index in [2.05, 4.69) is 40.7 Å². The predicted octanol–water partition coefficient (Wildman–Crippen LogP) is 1.63. The van der Waals surface area contributed by atoms with Gasteiger partial charge in [-0.2, -0.15) is 0 Å². The number of ether oxygens (including phenoxy) is 2. The molecule has 258 valence electrons. The first kappa shape index (κ1) is 34.2. The molecule has 0 aromatic heterocycles. The highest BCUT2D eigenvalue weighted by atomic mass is 16.7. The van der Waals surface area contributed by atoms with Gasteiger partial charge in [-0.3, -0.25) is 0 Å². The van der Waals surface area contributed by atoms with Crippen LogP contribution in [0.2, 0.25) is 0 Å². The lowest BCUT2D eigenvalue weighted by Crippen LogP contribution is -2.70. The molecule has 0 aromatic rings. The van der Waals surface area contributed by atoms with Crippen LogP contribution in [0.5, 0.6) is 0 Å². The SMILES string of the molecule is CC1(C)CC[C@@]2(O)C(C1)C1=CCC3[C@@]4(C)C[C@H](O)[C@H](O[C@@H]5O[C@H](CO)[C@@H](O)[C@H](O)[C@H]5O)[C@@](C)(CO)C4CC[C@@]3(C)[C@]1(C)C[C@@H]2O. The molecule has 4 saturated carbocycles. The van der Waals surface area contributed by atoms with Crippen LogP contribution in [0.3, 0.4) is 0 Å². The lowest BCUT2D eigenvalue weighted by molar-refractivity contribution is -0.345. The molecule has 1 saturated heterocycles. The minimum Gasteiger partial charge on any atom is -0.396 e. The summed E-state index contributed by atoms with van der Waals surface area (Å²) < 4.78 is 11.9. The summed E-state index contributed by atoms with van der Waals surface area (Å²) in [6.45, 7) is 12.4. The fourth-order valence-corrected chi connectivity index (χ4v) is 12.0. The summed E-state index contributed by atoms with van der Waals surface area (Å²) in [4.78, 5) is 0. The van der Waals surface area contributed by atoms with Crippen molar-refractivity contribution in [2.24, 2.45) is 44.8 Å². The van der Waals surface area contributed by atoms with Gasteiger partial charge in [0.25, 0.3) is 0 Å². The molecule has 3 unspecified atom stereocenters. The van der Waals surface area contributed by atoms with Crippen LogP contribution in [0.15, 0.2) is 11.6 Å². The minimum absolute atomic E-state index is 0.0658. The van der Waals surface area contributed by atoms with Gasteiger partial charge in [0.1, 0.15) is 24.4 Å². The second-order valence-electron chi connectivity index (χ2n) is 17.6. The lowest BCUT2D eigenvalue weighted by atomic mass is 9.34. The van der Waals surface area contributed by atoms with Gasteiger partial charge in [0, 0.05) is 11.3 Å². The van der Waals surface area contributed by atoms with Crippen molar-refractivity contribution in [3.63, 3.8) is 0 Å². The molecule has 10 heteroatoms. The molecule has 5 aliphatic carbocycles. The molecular weight excluding hydrogens is 580 g/mol. The summed E-state index contributed by atoms with van der Waals surface area (Å²) in [7, 11) is 0. The third-order valence-corrected chi connectivity index (χ3v) is 14.8. The Kier molecular flexibility index (Phi) is 8.30. The summed E-state index contributed by atoms with van der Waals surface area (Å²) in [5.41, 5.74) is -1.68. The Hall–Kier alpha value is -0.660. The third kappa shape index (κ3) is 4.64. The van der Waals surface area contributed by atoms with Crippen molar-refractivity contribution < 1.29 is 50.3 Å². The summed E-state index contributed by atoms with van der Waals surface area (Å²) in [6, 6.07) is 0. The summed E-state index contributed by atoms with van der Waals surface area (Å²) in [5.74, 6) is -0.0422. The Balaban J connectivity index is 1.34. The van der Waals surface area contributed by atoms with Crippen molar-refractivity contribution in [3.05, 3.63) is 11.6 Å². The summed E-state index contributed by atoms with van der Waals surface area (Å²) in [6.07, 6.45) is -2.18. The van der Waals surface area contributed by atoms with E-state index in [-0.39, 0.29) is 40.6 Å². The van der Waals surface area contributed by atoms with E-state index in [9.17, 15) is 40.9 Å². The van der Waals surface area contributed by atoms with Crippen molar-refractivity contribution in [1.29, 1.82) is 0 Å².